The number of anilines is 1. The highest BCUT2D eigenvalue weighted by Gasteiger charge is 2.50. The van der Waals surface area contributed by atoms with Crippen LogP contribution in [0.25, 0.3) is 0 Å². The first kappa shape index (κ1) is 21.4. The summed E-state index contributed by atoms with van der Waals surface area (Å²) in [5, 5.41) is 0. The Hall–Kier alpha value is -0.820. The Balaban J connectivity index is 1.50. The molecule has 2 saturated heterocycles. The van der Waals surface area contributed by atoms with E-state index in [1.807, 2.05) is 13.0 Å². The van der Waals surface area contributed by atoms with Crippen LogP contribution in [0, 0.1) is 12.7 Å². The van der Waals surface area contributed by atoms with E-state index in [9.17, 15) is 4.39 Å². The molecular weight excluding hydrogens is 385 g/mol. The number of hydrogen-bond acceptors (Lipinski definition) is 5. The van der Waals surface area contributed by atoms with Gasteiger partial charge in [-0.3, -0.25) is 9.21 Å². The molecule has 1 aromatic rings. The Bertz CT molecular complexity index is 741. The standard InChI is InChI=1S/C23H36FN3OS/c1-17(2)28-23(9-6-10-23)16-26-12-11-22(14-19(26)4)15-25(5)29-27(22)20-8-7-18(3)21(24)13-20/h7-8,13,17,19H,6,9-12,14-16H2,1-5H3/t19-,22+/m0/s1. The second-order valence-electron chi connectivity index (χ2n) is 9.80. The highest BCUT2D eigenvalue weighted by atomic mass is 32.2. The van der Waals surface area contributed by atoms with Crippen LogP contribution in [-0.2, 0) is 4.74 Å². The quantitative estimate of drug-likeness (QED) is 0.620. The predicted molar refractivity (Wildman–Crippen MR) is 120 cm³/mol. The van der Waals surface area contributed by atoms with Crippen LogP contribution in [0.2, 0.25) is 0 Å². The molecule has 1 aromatic carbocycles. The molecule has 6 heteroatoms. The molecule has 0 bridgehead atoms. The number of ether oxygens (including phenoxy) is 1. The normalized spacial score (nSPS) is 30.3. The van der Waals surface area contributed by atoms with E-state index in [0.29, 0.717) is 11.6 Å². The van der Waals surface area contributed by atoms with Crippen LogP contribution in [-0.4, -0.2) is 59.2 Å². The summed E-state index contributed by atoms with van der Waals surface area (Å²) in [6, 6.07) is 6.17. The summed E-state index contributed by atoms with van der Waals surface area (Å²) in [5.74, 6) is -0.115. The number of hydrogen-bond donors (Lipinski definition) is 0. The van der Waals surface area contributed by atoms with Gasteiger partial charge in [-0.15, -0.1) is 0 Å². The van der Waals surface area contributed by atoms with Gasteiger partial charge in [-0.05, 0) is 84.5 Å². The summed E-state index contributed by atoms with van der Waals surface area (Å²) in [6.45, 7) is 11.6. The van der Waals surface area contributed by atoms with Gasteiger partial charge in [0.25, 0.3) is 0 Å². The lowest BCUT2D eigenvalue weighted by Crippen LogP contribution is -2.60. The zero-order valence-corrected chi connectivity index (χ0v) is 19.4. The highest BCUT2D eigenvalue weighted by molar-refractivity contribution is 7.98. The Morgan fingerprint density at radius 2 is 2.03 bits per heavy atom. The van der Waals surface area contributed by atoms with Gasteiger partial charge >= 0.3 is 0 Å². The lowest BCUT2D eigenvalue weighted by Gasteiger charge is -2.52. The fourth-order valence-electron chi connectivity index (χ4n) is 5.43. The molecule has 2 atom stereocenters. The topological polar surface area (TPSA) is 19.0 Å². The average molecular weight is 422 g/mol. The smallest absolute Gasteiger partial charge is 0.128 e. The molecular formula is C23H36FN3OS. The van der Waals surface area contributed by atoms with Crippen molar-refractivity contribution in [2.75, 3.05) is 31.0 Å². The predicted octanol–water partition coefficient (Wildman–Crippen LogP) is 5.02. The molecule has 0 aromatic heterocycles. The molecule has 0 amide bonds. The van der Waals surface area contributed by atoms with Crippen LogP contribution in [0.5, 0.6) is 0 Å². The summed E-state index contributed by atoms with van der Waals surface area (Å²) in [7, 11) is 2.15. The van der Waals surface area contributed by atoms with Crippen molar-refractivity contribution in [1.82, 2.24) is 9.21 Å². The van der Waals surface area contributed by atoms with E-state index in [2.05, 4.69) is 47.4 Å². The minimum Gasteiger partial charge on any atom is -0.371 e. The number of rotatable bonds is 5. The maximum absolute atomic E-state index is 14.3. The number of likely N-dealkylation sites (tertiary alicyclic amines) is 1. The molecule has 29 heavy (non-hydrogen) atoms. The van der Waals surface area contributed by atoms with Crippen molar-refractivity contribution in [3.05, 3.63) is 29.6 Å². The van der Waals surface area contributed by atoms with Crippen molar-refractivity contribution in [3.63, 3.8) is 0 Å². The molecule has 3 fully saturated rings. The summed E-state index contributed by atoms with van der Waals surface area (Å²) in [4.78, 5) is 2.64. The third kappa shape index (κ3) is 4.18. The summed E-state index contributed by atoms with van der Waals surface area (Å²) < 4.78 is 25.3. The molecule has 1 aliphatic carbocycles. The molecule has 3 aliphatic rings. The van der Waals surface area contributed by atoms with Gasteiger partial charge in [0, 0.05) is 37.8 Å². The van der Waals surface area contributed by atoms with Gasteiger partial charge in [-0.1, -0.05) is 6.07 Å². The SMILES string of the molecule is Cc1ccc(N2SN(C)C[C@]23CCN(CC2(OC(C)C)CCC2)[C@@H](C)C3)cc1F. The minimum atomic E-state index is -0.115. The Morgan fingerprint density at radius 1 is 1.28 bits per heavy atom. The van der Waals surface area contributed by atoms with E-state index >= 15 is 0 Å². The number of benzene rings is 1. The summed E-state index contributed by atoms with van der Waals surface area (Å²) in [6.07, 6.45) is 6.14. The zero-order chi connectivity index (χ0) is 20.8. The second-order valence-corrected chi connectivity index (χ2v) is 10.9. The van der Waals surface area contributed by atoms with Crippen LogP contribution < -0.4 is 4.31 Å². The molecule has 2 heterocycles. The summed E-state index contributed by atoms with van der Waals surface area (Å²) >= 11 is 1.74. The molecule has 4 nitrogen and oxygen atoms in total. The van der Waals surface area contributed by atoms with Crippen molar-refractivity contribution in [3.8, 4) is 0 Å². The number of piperidine rings is 1. The first-order chi connectivity index (χ1) is 13.7. The number of halogens is 1. The van der Waals surface area contributed by atoms with E-state index in [-0.39, 0.29) is 23.1 Å². The first-order valence-electron chi connectivity index (χ1n) is 11.1. The van der Waals surface area contributed by atoms with Gasteiger partial charge in [0.1, 0.15) is 5.82 Å². The van der Waals surface area contributed by atoms with E-state index < -0.39 is 0 Å². The van der Waals surface area contributed by atoms with Crippen molar-refractivity contribution >= 4 is 17.8 Å². The third-order valence-electron chi connectivity index (χ3n) is 6.96. The Morgan fingerprint density at radius 3 is 2.62 bits per heavy atom. The van der Waals surface area contributed by atoms with Crippen molar-refractivity contribution < 1.29 is 9.13 Å². The highest BCUT2D eigenvalue weighted by Crippen LogP contribution is 2.47. The van der Waals surface area contributed by atoms with E-state index in [1.165, 1.54) is 19.3 Å². The minimum absolute atomic E-state index is 0.0582. The lowest BCUT2D eigenvalue weighted by atomic mass is 9.77. The van der Waals surface area contributed by atoms with Crippen LogP contribution in [0.3, 0.4) is 0 Å². The third-order valence-corrected chi connectivity index (χ3v) is 8.13. The Kier molecular flexibility index (Phi) is 5.93. The monoisotopic (exact) mass is 421 g/mol. The molecule has 4 rings (SSSR count). The first-order valence-corrected chi connectivity index (χ1v) is 11.8. The zero-order valence-electron chi connectivity index (χ0n) is 18.6. The van der Waals surface area contributed by atoms with E-state index in [0.717, 1.165) is 38.2 Å². The molecule has 162 valence electrons. The van der Waals surface area contributed by atoms with Gasteiger partial charge in [0.05, 0.1) is 22.9 Å². The number of likely N-dealkylation sites (N-methyl/N-ethyl adjacent to an activating group) is 1. The molecule has 1 spiro atoms. The molecule has 0 N–H and O–H groups in total. The summed E-state index contributed by atoms with van der Waals surface area (Å²) in [5.41, 5.74) is 1.82. The Labute approximate surface area is 180 Å². The van der Waals surface area contributed by atoms with E-state index in [1.54, 1.807) is 18.2 Å². The van der Waals surface area contributed by atoms with Gasteiger partial charge in [-0.25, -0.2) is 8.70 Å². The van der Waals surface area contributed by atoms with Crippen LogP contribution in [0.4, 0.5) is 10.1 Å². The molecule has 0 radical (unpaired) electrons. The van der Waals surface area contributed by atoms with Crippen molar-refractivity contribution in [2.24, 2.45) is 0 Å². The van der Waals surface area contributed by atoms with Gasteiger partial charge in [0.15, 0.2) is 0 Å². The second kappa shape index (κ2) is 8.03. The molecule has 1 saturated carbocycles. The van der Waals surface area contributed by atoms with Crippen molar-refractivity contribution in [1.29, 1.82) is 0 Å². The number of nitrogens with zero attached hydrogens (tertiary/aromatic N) is 3. The van der Waals surface area contributed by atoms with Crippen LogP contribution >= 0.6 is 12.1 Å². The average Bonchev–Trinajstić information content (AvgIpc) is 2.93. The molecule has 0 unspecified atom stereocenters. The maximum atomic E-state index is 14.3. The van der Waals surface area contributed by atoms with Gasteiger partial charge in [0.2, 0.25) is 0 Å². The van der Waals surface area contributed by atoms with Crippen LogP contribution in [0.1, 0.15) is 58.4 Å². The van der Waals surface area contributed by atoms with E-state index in [4.69, 9.17) is 4.74 Å². The number of aryl methyl sites for hydroxylation is 1. The van der Waals surface area contributed by atoms with Crippen LogP contribution in [0.15, 0.2) is 18.2 Å². The fraction of sp³-hybridized carbons (Fsp3) is 0.739. The van der Waals surface area contributed by atoms with Gasteiger partial charge in [-0.2, -0.15) is 0 Å². The maximum Gasteiger partial charge on any atom is 0.128 e. The largest absolute Gasteiger partial charge is 0.371 e. The fourth-order valence-corrected chi connectivity index (χ4v) is 6.61. The van der Waals surface area contributed by atoms with Crippen molar-refractivity contribution in [2.45, 2.75) is 83.1 Å². The molecule has 2 aliphatic heterocycles. The lowest BCUT2D eigenvalue weighted by molar-refractivity contribution is -0.148. The van der Waals surface area contributed by atoms with Gasteiger partial charge < -0.3 is 4.74 Å².